The number of nitrogens with one attached hydrogen (secondary N) is 1. The summed E-state index contributed by atoms with van der Waals surface area (Å²) in [5.41, 5.74) is 6.71. The van der Waals surface area contributed by atoms with Gasteiger partial charge in [-0.2, -0.15) is 0 Å². The van der Waals surface area contributed by atoms with E-state index >= 15 is 0 Å². The maximum atomic E-state index is 12.1. The molecule has 0 spiro atoms. The highest BCUT2D eigenvalue weighted by molar-refractivity contribution is 6.34. The number of hydrogen-bond donors (Lipinski definition) is 2. The van der Waals surface area contributed by atoms with E-state index < -0.39 is 0 Å². The normalized spacial score (nSPS) is 15.7. The van der Waals surface area contributed by atoms with E-state index in [9.17, 15) is 4.79 Å². The first-order valence-corrected chi connectivity index (χ1v) is 7.71. The standard InChI is InChI=1S/C16H22ClN2O.2CH2/c17-15-9-8-13(18)10-14(15)16(20)19-11-12-6-4-2-1-3-5-7-12;;/h8-10H,1-7,11,18H2,(H,19,20);2*1H2. The van der Waals surface area contributed by atoms with Gasteiger partial charge in [0.05, 0.1) is 10.6 Å². The largest absolute Gasteiger partial charge is 0.399 e. The molecular weight excluding hydrogens is 296 g/mol. The molecule has 1 aliphatic rings. The first kappa shape index (κ1) is 20.8. The van der Waals surface area contributed by atoms with Crippen molar-refractivity contribution in [2.24, 2.45) is 0 Å². The van der Waals surface area contributed by atoms with Crippen LogP contribution in [0.15, 0.2) is 18.2 Å². The average Bonchev–Trinajstić information content (AvgIpc) is 2.40. The second-order valence-corrected chi connectivity index (χ2v) is 5.85. The molecule has 3 nitrogen and oxygen atoms in total. The Morgan fingerprint density at radius 1 is 1.09 bits per heavy atom. The predicted octanol–water partition coefficient (Wildman–Crippen LogP) is 4.63. The van der Waals surface area contributed by atoms with Crippen LogP contribution in [0.3, 0.4) is 0 Å². The van der Waals surface area contributed by atoms with Gasteiger partial charge in [0.15, 0.2) is 0 Å². The topological polar surface area (TPSA) is 55.1 Å². The number of nitrogens with two attached hydrogens (primary N) is 1. The first-order chi connectivity index (χ1) is 9.66. The summed E-state index contributed by atoms with van der Waals surface area (Å²) in [5.74, 6) is 1.30. The van der Waals surface area contributed by atoms with Gasteiger partial charge in [-0.1, -0.05) is 58.6 Å². The van der Waals surface area contributed by atoms with E-state index in [0.29, 0.717) is 22.8 Å². The fourth-order valence-electron chi connectivity index (χ4n) is 2.60. The highest BCUT2D eigenvalue weighted by Gasteiger charge is 2.15. The van der Waals surface area contributed by atoms with Crippen LogP contribution in [-0.2, 0) is 0 Å². The molecule has 0 unspecified atom stereocenters. The molecule has 1 aromatic rings. The van der Waals surface area contributed by atoms with Crippen molar-refractivity contribution in [3.8, 4) is 0 Å². The number of amides is 1. The number of rotatable bonds is 3. The van der Waals surface area contributed by atoms with Gasteiger partial charge in [-0.25, -0.2) is 0 Å². The number of anilines is 1. The molecule has 1 aliphatic carbocycles. The molecule has 2 rings (SSSR count). The number of carbonyl (C=O) groups is 1. The Morgan fingerprint density at radius 2 is 1.68 bits per heavy atom. The second kappa shape index (κ2) is 10.5. The summed E-state index contributed by atoms with van der Waals surface area (Å²) in [6, 6.07) is 4.98. The monoisotopic (exact) mass is 321 g/mol. The lowest BCUT2D eigenvalue weighted by Crippen LogP contribution is -2.29. The summed E-state index contributed by atoms with van der Waals surface area (Å²) in [7, 11) is 0. The van der Waals surface area contributed by atoms with E-state index in [1.54, 1.807) is 18.2 Å². The lowest BCUT2D eigenvalue weighted by molar-refractivity contribution is 0.0954. The Kier molecular flexibility index (Phi) is 9.91. The molecule has 121 valence electrons. The van der Waals surface area contributed by atoms with Crippen LogP contribution < -0.4 is 11.1 Å². The number of nitrogen functional groups attached to an aromatic ring is 1. The van der Waals surface area contributed by atoms with Crippen LogP contribution in [0.4, 0.5) is 5.69 Å². The Morgan fingerprint density at radius 3 is 2.32 bits per heavy atom. The summed E-state index contributed by atoms with van der Waals surface area (Å²) in [6.07, 6.45) is 8.69. The summed E-state index contributed by atoms with van der Waals surface area (Å²) >= 11 is 6.04. The molecule has 22 heavy (non-hydrogen) atoms. The van der Waals surface area contributed by atoms with Gasteiger partial charge in [-0.3, -0.25) is 4.79 Å². The number of hydrogen-bond acceptors (Lipinski definition) is 2. The van der Waals surface area contributed by atoms with Gasteiger partial charge in [0, 0.05) is 12.2 Å². The van der Waals surface area contributed by atoms with E-state index in [-0.39, 0.29) is 20.8 Å². The van der Waals surface area contributed by atoms with Crippen LogP contribution in [0.25, 0.3) is 0 Å². The Hall–Kier alpha value is -1.22. The minimum absolute atomic E-state index is 0. The van der Waals surface area contributed by atoms with Gasteiger partial charge >= 0.3 is 0 Å². The maximum absolute atomic E-state index is 12.1. The van der Waals surface area contributed by atoms with Crippen LogP contribution >= 0.6 is 11.6 Å². The molecule has 1 saturated carbocycles. The second-order valence-electron chi connectivity index (χ2n) is 5.44. The van der Waals surface area contributed by atoms with E-state index in [1.807, 2.05) is 0 Å². The van der Waals surface area contributed by atoms with Crippen molar-refractivity contribution in [2.45, 2.75) is 44.9 Å². The molecule has 1 amide bonds. The molecule has 0 bridgehead atoms. The molecule has 0 aliphatic heterocycles. The van der Waals surface area contributed by atoms with Crippen molar-refractivity contribution < 1.29 is 4.79 Å². The van der Waals surface area contributed by atoms with Gasteiger partial charge in [0.1, 0.15) is 0 Å². The SMILES string of the molecule is Nc1ccc(Cl)c(C(=O)NC[C]2CCCCCCC2)c1.[CH2].[CH2]. The van der Waals surface area contributed by atoms with E-state index in [1.165, 1.54) is 38.0 Å². The zero-order valence-electron chi connectivity index (χ0n) is 13.2. The number of benzene rings is 1. The molecule has 1 fully saturated rings. The molecular formula is C18H26ClN2O. The van der Waals surface area contributed by atoms with Crippen LogP contribution in [0.1, 0.15) is 55.3 Å². The quantitative estimate of drug-likeness (QED) is 0.798. The van der Waals surface area contributed by atoms with Gasteiger partial charge < -0.3 is 11.1 Å². The smallest absolute Gasteiger partial charge is 0.252 e. The minimum Gasteiger partial charge on any atom is -0.399 e. The minimum atomic E-state index is -0.142. The fraction of sp³-hybridized carbons (Fsp3) is 0.444. The van der Waals surface area contributed by atoms with Crippen LogP contribution in [-0.4, -0.2) is 12.5 Å². The van der Waals surface area contributed by atoms with E-state index in [0.717, 1.165) is 12.8 Å². The van der Waals surface area contributed by atoms with Crippen LogP contribution in [0.5, 0.6) is 0 Å². The zero-order chi connectivity index (χ0) is 14.4. The summed E-state index contributed by atoms with van der Waals surface area (Å²) in [6.45, 7) is 0.657. The molecule has 4 heteroatoms. The van der Waals surface area contributed by atoms with Crippen molar-refractivity contribution in [3.63, 3.8) is 0 Å². The molecule has 5 radical (unpaired) electrons. The molecule has 0 saturated heterocycles. The fourth-order valence-corrected chi connectivity index (χ4v) is 2.80. The zero-order valence-corrected chi connectivity index (χ0v) is 13.9. The van der Waals surface area contributed by atoms with Crippen LogP contribution in [0, 0.1) is 20.8 Å². The van der Waals surface area contributed by atoms with Gasteiger partial charge in [0.25, 0.3) is 5.91 Å². The molecule has 1 aromatic carbocycles. The summed E-state index contributed by atoms with van der Waals surface area (Å²) < 4.78 is 0. The maximum Gasteiger partial charge on any atom is 0.252 e. The Bertz CT molecular complexity index is 454. The third kappa shape index (κ3) is 6.27. The number of halogens is 1. The third-order valence-electron chi connectivity index (χ3n) is 3.79. The van der Waals surface area contributed by atoms with Crippen molar-refractivity contribution in [2.75, 3.05) is 12.3 Å². The summed E-state index contributed by atoms with van der Waals surface area (Å²) in [5, 5.41) is 3.41. The van der Waals surface area contributed by atoms with E-state index in [2.05, 4.69) is 5.32 Å². The molecule has 0 atom stereocenters. The lowest BCUT2D eigenvalue weighted by atomic mass is 9.91. The Balaban J connectivity index is 0.00000220. The highest BCUT2D eigenvalue weighted by Crippen LogP contribution is 2.24. The first-order valence-electron chi connectivity index (χ1n) is 7.33. The predicted molar refractivity (Wildman–Crippen MR) is 94.5 cm³/mol. The number of carbonyl (C=O) groups excluding carboxylic acids is 1. The van der Waals surface area contributed by atoms with Gasteiger partial charge in [-0.15, -0.1) is 0 Å². The third-order valence-corrected chi connectivity index (χ3v) is 4.12. The van der Waals surface area contributed by atoms with Crippen molar-refractivity contribution in [1.82, 2.24) is 5.32 Å². The average molecular weight is 322 g/mol. The highest BCUT2D eigenvalue weighted by atomic mass is 35.5. The molecule has 0 aromatic heterocycles. The lowest BCUT2D eigenvalue weighted by Gasteiger charge is -2.19. The van der Waals surface area contributed by atoms with E-state index in [4.69, 9.17) is 17.3 Å². The van der Waals surface area contributed by atoms with Gasteiger partial charge in [-0.05, 0) is 37.0 Å². The summed E-state index contributed by atoms with van der Waals surface area (Å²) in [4.78, 5) is 12.1. The van der Waals surface area contributed by atoms with Crippen LogP contribution in [0.2, 0.25) is 5.02 Å². The van der Waals surface area contributed by atoms with Crippen molar-refractivity contribution >= 4 is 23.2 Å². The van der Waals surface area contributed by atoms with Gasteiger partial charge in [0.2, 0.25) is 0 Å². The molecule has 3 N–H and O–H groups in total. The molecule has 0 heterocycles. The van der Waals surface area contributed by atoms with Crippen molar-refractivity contribution in [3.05, 3.63) is 49.6 Å². The Labute approximate surface area is 140 Å². The van der Waals surface area contributed by atoms with Crippen molar-refractivity contribution in [1.29, 1.82) is 0 Å².